The van der Waals surface area contributed by atoms with Gasteiger partial charge < -0.3 is 5.11 Å². The molecule has 0 bridgehead atoms. The molecule has 0 saturated carbocycles. The summed E-state index contributed by atoms with van der Waals surface area (Å²) < 4.78 is 39.4. The Hall–Kier alpha value is -2.57. The highest BCUT2D eigenvalue weighted by Gasteiger charge is 2.37. The number of amides is 1. The predicted octanol–water partition coefficient (Wildman–Crippen LogP) is 3.13. The molecule has 0 aliphatic carbocycles. The number of hydrogen-bond donors (Lipinski definition) is 1. The van der Waals surface area contributed by atoms with Crippen molar-refractivity contribution < 1.29 is 27.9 Å². The number of carboxylic acids is 1. The Morgan fingerprint density at radius 3 is 2.50 bits per heavy atom. The predicted molar refractivity (Wildman–Crippen MR) is 71.6 cm³/mol. The first-order valence-corrected chi connectivity index (χ1v) is 6.29. The second-order valence-electron chi connectivity index (χ2n) is 4.72. The van der Waals surface area contributed by atoms with E-state index in [-0.39, 0.29) is 16.8 Å². The van der Waals surface area contributed by atoms with E-state index in [1.54, 1.807) is 0 Å². The van der Waals surface area contributed by atoms with Crippen molar-refractivity contribution >= 4 is 12.4 Å². The molecule has 1 aromatic rings. The monoisotopic (exact) mass is 311 g/mol. The maximum Gasteiger partial charge on any atom is 0.416 e. The summed E-state index contributed by atoms with van der Waals surface area (Å²) in [7, 11) is 0. The van der Waals surface area contributed by atoms with Gasteiger partial charge in [0.15, 0.2) is 0 Å². The van der Waals surface area contributed by atoms with Gasteiger partial charge in [-0.1, -0.05) is 24.3 Å². The zero-order valence-corrected chi connectivity index (χ0v) is 11.5. The van der Waals surface area contributed by atoms with E-state index in [1.807, 2.05) is 0 Å². The summed E-state index contributed by atoms with van der Waals surface area (Å²) in [5, 5.41) is 9.33. The Morgan fingerprint density at radius 1 is 1.32 bits per heavy atom. The van der Waals surface area contributed by atoms with Gasteiger partial charge in [-0.2, -0.15) is 13.2 Å². The maximum absolute atomic E-state index is 13.1. The smallest absolute Gasteiger partial charge is 0.416 e. The van der Waals surface area contributed by atoms with Crippen molar-refractivity contribution in [2.75, 3.05) is 0 Å². The van der Waals surface area contributed by atoms with Crippen molar-refractivity contribution in [2.45, 2.75) is 19.0 Å². The number of allylic oxidation sites excluding steroid dienone is 2. The highest BCUT2D eigenvalue weighted by atomic mass is 19.4. The van der Waals surface area contributed by atoms with Gasteiger partial charge in [0, 0.05) is 17.8 Å². The first-order chi connectivity index (χ1) is 10.3. The van der Waals surface area contributed by atoms with Gasteiger partial charge in [0.2, 0.25) is 6.41 Å². The standard InChI is InChI=1S/C15H12F3NO3/c1-9-13(14(21)22)11(6-7-19(9)8-20)10-4-2-3-5-12(10)15(16,17)18/h2-8,11H,1H3,(H,21,22). The fraction of sp³-hybridized carbons (Fsp3) is 0.200. The minimum Gasteiger partial charge on any atom is -0.478 e. The van der Waals surface area contributed by atoms with Crippen LogP contribution < -0.4 is 0 Å². The van der Waals surface area contributed by atoms with Crippen molar-refractivity contribution in [3.05, 3.63) is 58.9 Å². The minimum absolute atomic E-state index is 0.0898. The van der Waals surface area contributed by atoms with Gasteiger partial charge in [0.25, 0.3) is 0 Å². The molecule has 1 unspecified atom stereocenters. The van der Waals surface area contributed by atoms with Gasteiger partial charge >= 0.3 is 12.1 Å². The molecule has 22 heavy (non-hydrogen) atoms. The molecule has 1 amide bonds. The average Bonchev–Trinajstić information content (AvgIpc) is 2.45. The minimum atomic E-state index is -4.59. The number of hydrogen-bond acceptors (Lipinski definition) is 2. The van der Waals surface area contributed by atoms with Crippen LogP contribution in [0.15, 0.2) is 47.8 Å². The molecular formula is C15H12F3NO3. The van der Waals surface area contributed by atoms with Crippen molar-refractivity contribution in [2.24, 2.45) is 0 Å². The summed E-state index contributed by atoms with van der Waals surface area (Å²) in [5.41, 5.74) is -1.22. The van der Waals surface area contributed by atoms with Gasteiger partial charge in [-0.25, -0.2) is 4.79 Å². The third-order valence-corrected chi connectivity index (χ3v) is 3.47. The Bertz CT molecular complexity index is 677. The van der Waals surface area contributed by atoms with Crippen LogP contribution in [0.25, 0.3) is 0 Å². The Morgan fingerprint density at radius 2 is 1.95 bits per heavy atom. The molecule has 1 heterocycles. The number of nitrogens with zero attached hydrogens (tertiary/aromatic N) is 1. The Kier molecular flexibility index (Phi) is 4.07. The highest BCUT2D eigenvalue weighted by Crippen LogP contribution is 2.40. The first kappa shape index (κ1) is 15.8. The van der Waals surface area contributed by atoms with Gasteiger partial charge in [0.1, 0.15) is 0 Å². The van der Waals surface area contributed by atoms with Crippen LogP contribution in [-0.2, 0) is 15.8 Å². The van der Waals surface area contributed by atoms with Gasteiger partial charge in [-0.3, -0.25) is 9.69 Å². The molecule has 0 radical (unpaired) electrons. The third kappa shape index (κ3) is 2.74. The van der Waals surface area contributed by atoms with Crippen LogP contribution in [-0.4, -0.2) is 22.4 Å². The van der Waals surface area contributed by atoms with Crippen LogP contribution in [0, 0.1) is 0 Å². The molecule has 2 rings (SSSR count). The van der Waals surface area contributed by atoms with E-state index in [9.17, 15) is 27.9 Å². The van der Waals surface area contributed by atoms with Gasteiger partial charge in [-0.05, 0) is 18.6 Å². The van der Waals surface area contributed by atoms with Gasteiger partial charge in [0.05, 0.1) is 11.1 Å². The quantitative estimate of drug-likeness (QED) is 0.873. The first-order valence-electron chi connectivity index (χ1n) is 6.29. The summed E-state index contributed by atoms with van der Waals surface area (Å²) in [6.07, 6.45) is -1.65. The molecule has 7 heteroatoms. The summed E-state index contributed by atoms with van der Waals surface area (Å²) in [4.78, 5) is 23.4. The largest absolute Gasteiger partial charge is 0.478 e. The number of carboxylic acid groups (broad SMARTS) is 1. The number of alkyl halides is 3. The Labute approximate surface area is 124 Å². The summed E-state index contributed by atoms with van der Waals surface area (Å²) in [6, 6.07) is 4.81. The van der Waals surface area contributed by atoms with Gasteiger partial charge in [-0.15, -0.1) is 0 Å². The lowest BCUT2D eigenvalue weighted by molar-refractivity contribution is -0.139. The van der Waals surface area contributed by atoms with E-state index in [0.29, 0.717) is 6.41 Å². The normalized spacial score (nSPS) is 18.5. The molecule has 0 fully saturated rings. The molecule has 1 aliphatic heterocycles. The van der Waals surface area contributed by atoms with E-state index in [1.165, 1.54) is 37.4 Å². The third-order valence-electron chi connectivity index (χ3n) is 3.47. The van der Waals surface area contributed by atoms with Crippen molar-refractivity contribution in [1.29, 1.82) is 0 Å². The molecule has 0 aromatic heterocycles. The lowest BCUT2D eigenvalue weighted by atomic mass is 9.85. The lowest BCUT2D eigenvalue weighted by Gasteiger charge is -2.27. The molecular weight excluding hydrogens is 299 g/mol. The van der Waals surface area contributed by atoms with Crippen molar-refractivity contribution in [3.63, 3.8) is 0 Å². The fourth-order valence-electron chi connectivity index (χ4n) is 2.44. The van der Waals surface area contributed by atoms with Crippen molar-refractivity contribution in [3.8, 4) is 0 Å². The summed E-state index contributed by atoms with van der Waals surface area (Å²) in [5.74, 6) is -2.44. The molecule has 4 nitrogen and oxygen atoms in total. The average molecular weight is 311 g/mol. The Balaban J connectivity index is 2.63. The maximum atomic E-state index is 13.1. The molecule has 116 valence electrons. The van der Waals surface area contributed by atoms with E-state index in [2.05, 4.69) is 0 Å². The van der Waals surface area contributed by atoms with Crippen molar-refractivity contribution in [1.82, 2.24) is 4.90 Å². The van der Waals surface area contributed by atoms with E-state index < -0.39 is 23.6 Å². The number of carbonyl (C=O) groups is 2. The SMILES string of the molecule is CC1=C(C(=O)O)C(c2ccccc2C(F)(F)F)C=CN1C=O. The van der Waals surface area contributed by atoms with Crippen LogP contribution in [0.1, 0.15) is 24.0 Å². The molecule has 0 spiro atoms. The summed E-state index contributed by atoms with van der Waals surface area (Å²) >= 11 is 0. The number of halogens is 3. The van der Waals surface area contributed by atoms with Crippen LogP contribution in [0.5, 0.6) is 0 Å². The van der Waals surface area contributed by atoms with Crippen LogP contribution >= 0.6 is 0 Å². The summed E-state index contributed by atoms with van der Waals surface area (Å²) in [6.45, 7) is 1.38. The zero-order chi connectivity index (χ0) is 16.5. The second-order valence-corrected chi connectivity index (χ2v) is 4.72. The fourth-order valence-corrected chi connectivity index (χ4v) is 2.44. The number of carbonyl (C=O) groups excluding carboxylic acids is 1. The van der Waals surface area contributed by atoms with E-state index in [4.69, 9.17) is 0 Å². The number of benzene rings is 1. The zero-order valence-electron chi connectivity index (χ0n) is 11.5. The molecule has 0 saturated heterocycles. The van der Waals surface area contributed by atoms with E-state index >= 15 is 0 Å². The molecule has 1 atom stereocenters. The highest BCUT2D eigenvalue weighted by molar-refractivity contribution is 5.91. The van der Waals surface area contributed by atoms with E-state index in [0.717, 1.165) is 11.0 Å². The van der Waals surface area contributed by atoms with Crippen LogP contribution in [0.3, 0.4) is 0 Å². The molecule has 1 N–H and O–H groups in total. The van der Waals surface area contributed by atoms with Crippen LogP contribution in [0.2, 0.25) is 0 Å². The lowest BCUT2D eigenvalue weighted by Crippen LogP contribution is -2.26. The molecule has 1 aromatic carbocycles. The molecule has 1 aliphatic rings. The topological polar surface area (TPSA) is 57.6 Å². The second kappa shape index (κ2) is 5.67. The van der Waals surface area contributed by atoms with Crippen LogP contribution in [0.4, 0.5) is 13.2 Å². The number of aliphatic carboxylic acids is 1. The number of rotatable bonds is 3.